The van der Waals surface area contributed by atoms with Crippen LogP contribution in [-0.4, -0.2) is 6.04 Å². The zero-order valence-corrected chi connectivity index (χ0v) is 7.35. The first-order chi connectivity index (χ1) is 6.13. The minimum Gasteiger partial charge on any atom is -0.271 e. The van der Waals surface area contributed by atoms with E-state index in [0.29, 0.717) is 6.42 Å². The van der Waals surface area contributed by atoms with Gasteiger partial charge in [-0.05, 0) is 31.0 Å². The second kappa shape index (κ2) is 4.30. The van der Waals surface area contributed by atoms with Crippen LogP contribution in [0.3, 0.4) is 0 Å². The number of rotatable bonds is 3. The summed E-state index contributed by atoms with van der Waals surface area (Å²) in [5.41, 5.74) is 3.26. The van der Waals surface area contributed by atoms with E-state index in [1.165, 1.54) is 6.07 Å². The highest BCUT2D eigenvalue weighted by Gasteiger charge is 2.05. The fourth-order valence-electron chi connectivity index (χ4n) is 1.08. The molecule has 0 heterocycles. The minimum atomic E-state index is -0.822. The van der Waals surface area contributed by atoms with E-state index >= 15 is 0 Å². The molecule has 1 aromatic rings. The largest absolute Gasteiger partial charge is 0.271 e. The van der Waals surface area contributed by atoms with Gasteiger partial charge in [-0.15, -0.1) is 0 Å². The number of nitrogens with one attached hydrogen (secondary N) is 1. The molecule has 13 heavy (non-hydrogen) atoms. The average molecular weight is 186 g/mol. The Labute approximate surface area is 75.7 Å². The zero-order valence-electron chi connectivity index (χ0n) is 7.35. The van der Waals surface area contributed by atoms with Crippen molar-refractivity contribution >= 4 is 0 Å². The Hall–Kier alpha value is -1.00. The van der Waals surface area contributed by atoms with E-state index in [2.05, 4.69) is 5.43 Å². The maximum atomic E-state index is 12.7. The van der Waals surface area contributed by atoms with Crippen molar-refractivity contribution in [1.82, 2.24) is 5.43 Å². The average Bonchev–Trinajstić information content (AvgIpc) is 2.11. The molecule has 0 saturated carbocycles. The summed E-state index contributed by atoms with van der Waals surface area (Å²) in [6, 6.07) is 3.90. The van der Waals surface area contributed by atoms with Gasteiger partial charge in [-0.1, -0.05) is 6.07 Å². The van der Waals surface area contributed by atoms with Crippen LogP contribution in [0.15, 0.2) is 18.2 Å². The molecular formula is C9H12F2N2. The normalized spacial score (nSPS) is 12.9. The lowest BCUT2D eigenvalue weighted by Gasteiger charge is -2.09. The van der Waals surface area contributed by atoms with E-state index in [1.807, 2.05) is 6.92 Å². The van der Waals surface area contributed by atoms with Gasteiger partial charge in [0.05, 0.1) is 0 Å². The lowest BCUT2D eigenvalue weighted by Crippen LogP contribution is -2.34. The summed E-state index contributed by atoms with van der Waals surface area (Å²) in [5, 5.41) is 0. The standard InChI is InChI=1S/C9H12F2N2/c1-6(13-12)4-7-2-3-8(10)9(11)5-7/h2-3,5-6,13H,4,12H2,1H3. The summed E-state index contributed by atoms with van der Waals surface area (Å²) in [6.07, 6.45) is 0.577. The monoisotopic (exact) mass is 186 g/mol. The molecule has 72 valence electrons. The van der Waals surface area contributed by atoms with Crippen LogP contribution in [0.5, 0.6) is 0 Å². The highest BCUT2D eigenvalue weighted by Crippen LogP contribution is 2.10. The SMILES string of the molecule is CC(Cc1ccc(F)c(F)c1)NN. The molecule has 3 N–H and O–H groups in total. The Kier molecular flexibility index (Phi) is 3.33. The third-order valence-electron chi connectivity index (χ3n) is 1.81. The van der Waals surface area contributed by atoms with Crippen molar-refractivity contribution in [3.05, 3.63) is 35.4 Å². The van der Waals surface area contributed by atoms with Gasteiger partial charge in [0, 0.05) is 6.04 Å². The molecule has 2 nitrogen and oxygen atoms in total. The Morgan fingerprint density at radius 1 is 1.38 bits per heavy atom. The smallest absolute Gasteiger partial charge is 0.159 e. The highest BCUT2D eigenvalue weighted by atomic mass is 19.2. The topological polar surface area (TPSA) is 38.0 Å². The first kappa shape index (κ1) is 10.1. The van der Waals surface area contributed by atoms with Crippen molar-refractivity contribution in [2.24, 2.45) is 5.84 Å². The van der Waals surface area contributed by atoms with Crippen molar-refractivity contribution in [1.29, 1.82) is 0 Å². The van der Waals surface area contributed by atoms with E-state index in [0.717, 1.165) is 11.6 Å². The predicted octanol–water partition coefficient (Wildman–Crippen LogP) is 1.36. The fraction of sp³-hybridized carbons (Fsp3) is 0.333. The second-order valence-electron chi connectivity index (χ2n) is 3.02. The summed E-state index contributed by atoms with van der Waals surface area (Å²) in [6.45, 7) is 1.86. The molecule has 0 radical (unpaired) electrons. The molecule has 0 aliphatic carbocycles. The van der Waals surface area contributed by atoms with Crippen LogP contribution >= 0.6 is 0 Å². The van der Waals surface area contributed by atoms with Crippen LogP contribution in [0.4, 0.5) is 8.78 Å². The predicted molar refractivity (Wildman–Crippen MR) is 46.8 cm³/mol. The summed E-state index contributed by atoms with van der Waals surface area (Å²) < 4.78 is 25.2. The molecule has 1 aromatic carbocycles. The molecule has 1 rings (SSSR count). The van der Waals surface area contributed by atoms with Crippen LogP contribution in [0.1, 0.15) is 12.5 Å². The number of hydrogen-bond donors (Lipinski definition) is 2. The van der Waals surface area contributed by atoms with E-state index < -0.39 is 11.6 Å². The Morgan fingerprint density at radius 3 is 2.62 bits per heavy atom. The van der Waals surface area contributed by atoms with Crippen LogP contribution in [0.2, 0.25) is 0 Å². The molecule has 1 unspecified atom stereocenters. The lowest BCUT2D eigenvalue weighted by molar-refractivity contribution is 0.504. The maximum Gasteiger partial charge on any atom is 0.159 e. The number of hydrogen-bond acceptors (Lipinski definition) is 2. The van der Waals surface area contributed by atoms with Crippen molar-refractivity contribution in [2.75, 3.05) is 0 Å². The molecule has 0 spiro atoms. The van der Waals surface area contributed by atoms with E-state index in [1.54, 1.807) is 6.07 Å². The van der Waals surface area contributed by atoms with Gasteiger partial charge in [-0.25, -0.2) is 8.78 Å². The van der Waals surface area contributed by atoms with Gasteiger partial charge in [0.15, 0.2) is 11.6 Å². The fourth-order valence-corrected chi connectivity index (χ4v) is 1.08. The van der Waals surface area contributed by atoms with Gasteiger partial charge in [0.1, 0.15) is 0 Å². The summed E-state index contributed by atoms with van der Waals surface area (Å²) in [4.78, 5) is 0. The van der Waals surface area contributed by atoms with Crippen LogP contribution in [0.25, 0.3) is 0 Å². The maximum absolute atomic E-state index is 12.7. The molecule has 0 aliphatic rings. The molecule has 1 atom stereocenters. The molecule has 0 bridgehead atoms. The molecule has 0 aliphatic heterocycles. The molecule has 0 saturated heterocycles. The summed E-state index contributed by atoms with van der Waals surface area (Å²) in [5.74, 6) is 3.53. The Bertz CT molecular complexity index is 289. The third-order valence-corrected chi connectivity index (χ3v) is 1.81. The second-order valence-corrected chi connectivity index (χ2v) is 3.02. The number of hydrazine groups is 1. The van der Waals surface area contributed by atoms with Crippen molar-refractivity contribution in [2.45, 2.75) is 19.4 Å². The first-order valence-corrected chi connectivity index (χ1v) is 4.03. The lowest BCUT2D eigenvalue weighted by atomic mass is 10.1. The number of nitrogens with two attached hydrogens (primary N) is 1. The van der Waals surface area contributed by atoms with Gasteiger partial charge in [0.2, 0.25) is 0 Å². The van der Waals surface area contributed by atoms with Crippen LogP contribution in [-0.2, 0) is 6.42 Å². The number of benzene rings is 1. The van der Waals surface area contributed by atoms with Gasteiger partial charge in [-0.3, -0.25) is 11.3 Å². The quantitative estimate of drug-likeness (QED) is 0.552. The van der Waals surface area contributed by atoms with Gasteiger partial charge in [0.25, 0.3) is 0 Å². The molecule has 0 fully saturated rings. The van der Waals surface area contributed by atoms with Crippen molar-refractivity contribution in [3.63, 3.8) is 0 Å². The molecule has 0 amide bonds. The molecule has 4 heteroatoms. The van der Waals surface area contributed by atoms with E-state index in [-0.39, 0.29) is 6.04 Å². The number of halogens is 2. The Morgan fingerprint density at radius 2 is 2.08 bits per heavy atom. The Balaban J connectivity index is 2.73. The summed E-state index contributed by atoms with van der Waals surface area (Å²) in [7, 11) is 0. The van der Waals surface area contributed by atoms with Crippen LogP contribution in [0, 0.1) is 11.6 Å². The summed E-state index contributed by atoms with van der Waals surface area (Å²) >= 11 is 0. The van der Waals surface area contributed by atoms with E-state index in [9.17, 15) is 8.78 Å². The molecule has 0 aromatic heterocycles. The van der Waals surface area contributed by atoms with Crippen LogP contribution < -0.4 is 11.3 Å². The van der Waals surface area contributed by atoms with Crippen molar-refractivity contribution in [3.8, 4) is 0 Å². The van der Waals surface area contributed by atoms with Gasteiger partial charge < -0.3 is 0 Å². The third kappa shape index (κ3) is 2.75. The van der Waals surface area contributed by atoms with E-state index in [4.69, 9.17) is 5.84 Å². The van der Waals surface area contributed by atoms with Gasteiger partial charge >= 0.3 is 0 Å². The minimum absolute atomic E-state index is 0.0462. The zero-order chi connectivity index (χ0) is 9.84. The first-order valence-electron chi connectivity index (χ1n) is 4.03. The molecular weight excluding hydrogens is 174 g/mol. The van der Waals surface area contributed by atoms with Gasteiger partial charge in [-0.2, -0.15) is 0 Å². The highest BCUT2D eigenvalue weighted by molar-refractivity contribution is 5.18. The van der Waals surface area contributed by atoms with Crippen molar-refractivity contribution < 1.29 is 8.78 Å².